The lowest BCUT2D eigenvalue weighted by Gasteiger charge is -2.22. The van der Waals surface area contributed by atoms with Gasteiger partial charge in [-0.2, -0.15) is 5.10 Å². The van der Waals surface area contributed by atoms with Gasteiger partial charge in [0.2, 0.25) is 0 Å². The zero-order valence-electron chi connectivity index (χ0n) is 10.7. The average molecular weight is 232 g/mol. The molecule has 0 atom stereocenters. The van der Waals surface area contributed by atoms with Crippen molar-refractivity contribution < 1.29 is 4.39 Å². The molecule has 0 amide bonds. The number of rotatable bonds is 1. The summed E-state index contributed by atoms with van der Waals surface area (Å²) in [5.74, 6) is -0.199. The number of benzene rings is 1. The predicted molar refractivity (Wildman–Crippen MR) is 67.3 cm³/mol. The van der Waals surface area contributed by atoms with E-state index in [-0.39, 0.29) is 11.2 Å². The molecule has 0 aliphatic rings. The molecule has 1 heterocycles. The summed E-state index contributed by atoms with van der Waals surface area (Å²) in [6.45, 7) is 6.23. The van der Waals surface area contributed by atoms with Crippen LogP contribution in [0.4, 0.5) is 4.39 Å². The van der Waals surface area contributed by atoms with Crippen molar-refractivity contribution in [1.82, 2.24) is 9.78 Å². The number of hydrogen-bond acceptors (Lipinski definition) is 1. The number of hydrogen-bond donors (Lipinski definition) is 0. The minimum absolute atomic E-state index is 0.102. The molecule has 17 heavy (non-hydrogen) atoms. The predicted octanol–water partition coefficient (Wildman–Crippen LogP) is 3.52. The molecule has 2 aromatic rings. The molecule has 0 unspecified atom stereocenters. The lowest BCUT2D eigenvalue weighted by molar-refractivity contribution is 0.573. The highest BCUT2D eigenvalue weighted by atomic mass is 19.1. The van der Waals surface area contributed by atoms with Crippen LogP contribution in [0.3, 0.4) is 0 Å². The van der Waals surface area contributed by atoms with Crippen LogP contribution in [0, 0.1) is 5.82 Å². The van der Waals surface area contributed by atoms with Crippen molar-refractivity contribution in [3.05, 3.63) is 41.8 Å². The highest BCUT2D eigenvalue weighted by Crippen LogP contribution is 2.32. The second-order valence-corrected chi connectivity index (χ2v) is 5.31. The summed E-state index contributed by atoms with van der Waals surface area (Å²) >= 11 is 0. The molecule has 0 saturated carbocycles. The van der Waals surface area contributed by atoms with Crippen LogP contribution in [0.1, 0.15) is 26.3 Å². The zero-order chi connectivity index (χ0) is 12.6. The van der Waals surface area contributed by atoms with Crippen molar-refractivity contribution in [3.63, 3.8) is 0 Å². The van der Waals surface area contributed by atoms with Crippen LogP contribution in [-0.4, -0.2) is 9.78 Å². The molecule has 90 valence electrons. The first-order valence-corrected chi connectivity index (χ1v) is 5.68. The van der Waals surface area contributed by atoms with E-state index in [1.54, 1.807) is 16.8 Å². The Bertz CT molecular complexity index is 535. The molecular formula is C14H17FN2. The Hall–Kier alpha value is -1.64. The minimum Gasteiger partial charge on any atom is -0.275 e. The van der Waals surface area contributed by atoms with Crippen LogP contribution in [0.5, 0.6) is 0 Å². The fourth-order valence-electron chi connectivity index (χ4n) is 1.92. The van der Waals surface area contributed by atoms with Crippen molar-refractivity contribution in [2.75, 3.05) is 0 Å². The van der Waals surface area contributed by atoms with Crippen LogP contribution in [-0.2, 0) is 12.5 Å². The molecule has 1 aromatic carbocycles. The highest BCUT2D eigenvalue weighted by Gasteiger charge is 2.20. The van der Waals surface area contributed by atoms with E-state index in [2.05, 4.69) is 25.9 Å². The highest BCUT2D eigenvalue weighted by molar-refractivity contribution is 5.65. The summed E-state index contributed by atoms with van der Waals surface area (Å²) in [5.41, 5.74) is 2.77. The molecule has 3 heteroatoms. The summed E-state index contributed by atoms with van der Waals surface area (Å²) in [5, 5.41) is 4.38. The Kier molecular flexibility index (Phi) is 2.77. The van der Waals surface area contributed by atoms with Gasteiger partial charge < -0.3 is 0 Å². The fraction of sp³-hybridized carbons (Fsp3) is 0.357. The Morgan fingerprint density at radius 3 is 2.41 bits per heavy atom. The molecule has 1 aromatic heterocycles. The summed E-state index contributed by atoms with van der Waals surface area (Å²) in [6.07, 6.45) is 1.89. The molecule has 0 bridgehead atoms. The van der Waals surface area contributed by atoms with E-state index in [9.17, 15) is 4.39 Å². The minimum atomic E-state index is -0.199. The topological polar surface area (TPSA) is 17.8 Å². The normalized spacial score (nSPS) is 11.8. The smallest absolute Gasteiger partial charge is 0.123 e. The van der Waals surface area contributed by atoms with Crippen LogP contribution < -0.4 is 0 Å². The number of aryl methyl sites for hydroxylation is 1. The fourth-order valence-corrected chi connectivity index (χ4v) is 1.92. The van der Waals surface area contributed by atoms with E-state index in [1.165, 1.54) is 6.07 Å². The number of halogens is 1. The lowest BCUT2D eigenvalue weighted by atomic mass is 9.83. The Labute approximate surface area is 101 Å². The van der Waals surface area contributed by atoms with E-state index in [1.807, 2.05) is 19.3 Å². The van der Waals surface area contributed by atoms with Crippen molar-refractivity contribution in [2.24, 2.45) is 7.05 Å². The molecule has 0 radical (unpaired) electrons. The lowest BCUT2D eigenvalue weighted by Crippen LogP contribution is -2.13. The molecule has 0 N–H and O–H groups in total. The van der Waals surface area contributed by atoms with Gasteiger partial charge in [0.05, 0.1) is 5.69 Å². The molecular weight excluding hydrogens is 215 g/mol. The maximum Gasteiger partial charge on any atom is 0.123 e. The molecule has 0 fully saturated rings. The first-order chi connectivity index (χ1) is 7.88. The van der Waals surface area contributed by atoms with Gasteiger partial charge in [-0.05, 0) is 35.2 Å². The van der Waals surface area contributed by atoms with Crippen molar-refractivity contribution in [2.45, 2.75) is 26.2 Å². The molecule has 2 rings (SSSR count). The largest absolute Gasteiger partial charge is 0.275 e. The van der Waals surface area contributed by atoms with Crippen LogP contribution in [0.15, 0.2) is 30.5 Å². The van der Waals surface area contributed by atoms with E-state index in [0.29, 0.717) is 0 Å². The second-order valence-electron chi connectivity index (χ2n) is 5.31. The standard InChI is InChI=1S/C14H17FN2/c1-14(2,3)12-9-10(15)5-6-11(12)13-7-8-17(4)16-13/h5-9H,1-4H3. The van der Waals surface area contributed by atoms with Gasteiger partial charge in [-0.1, -0.05) is 20.8 Å². The van der Waals surface area contributed by atoms with E-state index in [4.69, 9.17) is 0 Å². The molecule has 0 aliphatic heterocycles. The summed E-state index contributed by atoms with van der Waals surface area (Å²) < 4.78 is 15.1. The van der Waals surface area contributed by atoms with Crippen molar-refractivity contribution in [1.29, 1.82) is 0 Å². The van der Waals surface area contributed by atoms with Gasteiger partial charge >= 0.3 is 0 Å². The first-order valence-electron chi connectivity index (χ1n) is 5.68. The van der Waals surface area contributed by atoms with Gasteiger partial charge in [0.25, 0.3) is 0 Å². The third-order valence-corrected chi connectivity index (χ3v) is 2.78. The average Bonchev–Trinajstić information content (AvgIpc) is 2.63. The van der Waals surface area contributed by atoms with E-state index < -0.39 is 0 Å². The van der Waals surface area contributed by atoms with Crippen molar-refractivity contribution in [3.8, 4) is 11.3 Å². The van der Waals surface area contributed by atoms with Crippen LogP contribution in [0.2, 0.25) is 0 Å². The monoisotopic (exact) mass is 232 g/mol. The zero-order valence-corrected chi connectivity index (χ0v) is 10.7. The quantitative estimate of drug-likeness (QED) is 0.735. The van der Waals surface area contributed by atoms with Gasteiger partial charge in [-0.15, -0.1) is 0 Å². The maximum absolute atomic E-state index is 13.4. The van der Waals surface area contributed by atoms with Crippen LogP contribution in [0.25, 0.3) is 11.3 Å². The van der Waals surface area contributed by atoms with Crippen molar-refractivity contribution >= 4 is 0 Å². The van der Waals surface area contributed by atoms with Gasteiger partial charge in [0.1, 0.15) is 5.82 Å². The first kappa shape index (κ1) is 11.8. The number of aromatic nitrogens is 2. The summed E-state index contributed by atoms with van der Waals surface area (Å²) in [7, 11) is 1.88. The Morgan fingerprint density at radius 2 is 1.88 bits per heavy atom. The summed E-state index contributed by atoms with van der Waals surface area (Å²) in [6, 6.07) is 6.84. The Morgan fingerprint density at radius 1 is 1.18 bits per heavy atom. The third kappa shape index (κ3) is 2.38. The van der Waals surface area contributed by atoms with Gasteiger partial charge in [-0.25, -0.2) is 4.39 Å². The number of nitrogens with zero attached hydrogens (tertiary/aromatic N) is 2. The van der Waals surface area contributed by atoms with Crippen LogP contribution >= 0.6 is 0 Å². The third-order valence-electron chi connectivity index (χ3n) is 2.78. The molecule has 0 saturated heterocycles. The maximum atomic E-state index is 13.4. The SMILES string of the molecule is Cn1ccc(-c2ccc(F)cc2C(C)(C)C)n1. The Balaban J connectivity index is 2.61. The summed E-state index contributed by atoms with van der Waals surface area (Å²) in [4.78, 5) is 0. The van der Waals surface area contributed by atoms with Gasteiger partial charge in [0.15, 0.2) is 0 Å². The van der Waals surface area contributed by atoms with E-state index >= 15 is 0 Å². The molecule has 0 aliphatic carbocycles. The van der Waals surface area contributed by atoms with E-state index in [0.717, 1.165) is 16.8 Å². The van der Waals surface area contributed by atoms with Gasteiger partial charge in [-0.3, -0.25) is 4.68 Å². The second kappa shape index (κ2) is 3.99. The molecule has 0 spiro atoms. The van der Waals surface area contributed by atoms with Gasteiger partial charge in [0, 0.05) is 18.8 Å². The molecule has 2 nitrogen and oxygen atoms in total.